The first-order valence-electron chi connectivity index (χ1n) is 13.4. The molecular weight excluding hydrogens is 506 g/mol. The average molecular weight is 540 g/mol. The van der Waals surface area contributed by atoms with Gasteiger partial charge in [0.25, 0.3) is 0 Å². The number of carboxylic acids is 1. The maximum absolute atomic E-state index is 13.1. The Hall–Kier alpha value is -3.13. The summed E-state index contributed by atoms with van der Waals surface area (Å²) in [7, 11) is 0. The predicted molar refractivity (Wildman–Crippen MR) is 143 cm³/mol. The molecule has 2 aromatic heterocycles. The fourth-order valence-corrected chi connectivity index (χ4v) is 5.73. The summed E-state index contributed by atoms with van der Waals surface area (Å²) in [6.45, 7) is 6.35. The largest absolute Gasteiger partial charge is 0.481 e. The molecule has 1 amide bonds. The van der Waals surface area contributed by atoms with Crippen LogP contribution < -0.4 is 5.32 Å². The molecule has 0 bridgehead atoms. The molecule has 0 spiro atoms. The van der Waals surface area contributed by atoms with E-state index < -0.39 is 11.9 Å². The summed E-state index contributed by atoms with van der Waals surface area (Å²) in [4.78, 5) is 24.5. The number of rotatable bonds is 12. The van der Waals surface area contributed by atoms with Crippen molar-refractivity contribution in [1.29, 1.82) is 0 Å². The third-order valence-electron chi connectivity index (χ3n) is 7.58. The molecule has 0 radical (unpaired) electrons. The molecule has 1 aromatic carbocycles. The summed E-state index contributed by atoms with van der Waals surface area (Å²) < 4.78 is 11.7. The molecule has 202 valence electrons. The van der Waals surface area contributed by atoms with E-state index in [1.807, 2.05) is 19.1 Å². The second-order valence-corrected chi connectivity index (χ2v) is 11.8. The zero-order chi connectivity index (χ0) is 27.0. The normalized spacial score (nSPS) is 17.0. The molecule has 2 heterocycles. The number of benzene rings is 1. The van der Waals surface area contributed by atoms with E-state index >= 15 is 0 Å². The van der Waals surface area contributed by atoms with Gasteiger partial charge < -0.3 is 19.5 Å². The van der Waals surface area contributed by atoms with Crippen LogP contribution in [-0.2, 0) is 15.0 Å². The summed E-state index contributed by atoms with van der Waals surface area (Å²) in [6, 6.07) is 7.40. The van der Waals surface area contributed by atoms with E-state index in [2.05, 4.69) is 29.5 Å². The molecule has 2 aliphatic rings. The smallest absolute Gasteiger partial charge is 0.303 e. The molecular formula is C29H34ClN3O5. The minimum absolute atomic E-state index is 0.0569. The van der Waals surface area contributed by atoms with Crippen LogP contribution in [-0.4, -0.2) is 27.3 Å². The highest BCUT2D eigenvalue weighted by Gasteiger charge is 2.48. The lowest BCUT2D eigenvalue weighted by molar-refractivity contribution is -0.137. The summed E-state index contributed by atoms with van der Waals surface area (Å²) in [5.74, 6) is 0.656. The van der Waals surface area contributed by atoms with Gasteiger partial charge >= 0.3 is 5.97 Å². The first-order valence-corrected chi connectivity index (χ1v) is 13.8. The Morgan fingerprint density at radius 1 is 1.18 bits per heavy atom. The Labute approximate surface area is 227 Å². The maximum atomic E-state index is 13.1. The number of aliphatic carboxylic acids is 1. The van der Waals surface area contributed by atoms with E-state index in [0.29, 0.717) is 33.8 Å². The zero-order valence-electron chi connectivity index (χ0n) is 22.1. The number of carboxylic acid groups (broad SMARTS) is 1. The number of nitrogens with one attached hydrogen (secondary N) is 1. The van der Waals surface area contributed by atoms with Crippen molar-refractivity contribution < 1.29 is 23.7 Å². The number of amides is 1. The molecule has 5 rings (SSSR count). The van der Waals surface area contributed by atoms with Gasteiger partial charge in [0, 0.05) is 35.8 Å². The van der Waals surface area contributed by atoms with Gasteiger partial charge in [0.2, 0.25) is 5.91 Å². The SMILES string of the molecule is Cc1ccc(NC(=O)C[C@H](CCC(=O)O)c2noc(-c3cc(C4(CC(C)C)CC4)on3)c2C2CC2)c(Cl)c1. The van der Waals surface area contributed by atoms with Gasteiger partial charge in [-0.2, -0.15) is 0 Å². The number of aryl methyl sites for hydroxylation is 1. The van der Waals surface area contributed by atoms with Crippen LogP contribution >= 0.6 is 11.6 Å². The fraction of sp³-hybridized carbons (Fsp3) is 0.517. The van der Waals surface area contributed by atoms with Crippen molar-refractivity contribution in [3.8, 4) is 11.5 Å². The lowest BCUT2D eigenvalue weighted by Crippen LogP contribution is -2.17. The minimum Gasteiger partial charge on any atom is -0.481 e. The Morgan fingerprint density at radius 2 is 1.95 bits per heavy atom. The van der Waals surface area contributed by atoms with E-state index in [1.54, 1.807) is 12.1 Å². The van der Waals surface area contributed by atoms with E-state index in [0.717, 1.165) is 49.0 Å². The molecule has 3 aromatic rings. The van der Waals surface area contributed by atoms with Gasteiger partial charge in [0.15, 0.2) is 11.5 Å². The average Bonchev–Trinajstić information content (AvgIpc) is 3.74. The number of hydrogen-bond donors (Lipinski definition) is 2. The summed E-state index contributed by atoms with van der Waals surface area (Å²) in [5.41, 5.74) is 3.75. The number of carbonyl (C=O) groups is 2. The Kier molecular flexibility index (Phi) is 7.36. The van der Waals surface area contributed by atoms with Crippen molar-refractivity contribution in [1.82, 2.24) is 10.3 Å². The summed E-state index contributed by atoms with van der Waals surface area (Å²) >= 11 is 6.31. The van der Waals surface area contributed by atoms with Crippen LogP contribution in [0.2, 0.25) is 5.02 Å². The van der Waals surface area contributed by atoms with Crippen LogP contribution in [0.25, 0.3) is 11.5 Å². The van der Waals surface area contributed by atoms with Crippen molar-refractivity contribution in [2.24, 2.45) is 5.92 Å². The van der Waals surface area contributed by atoms with E-state index in [9.17, 15) is 14.7 Å². The minimum atomic E-state index is -0.922. The van der Waals surface area contributed by atoms with Crippen LogP contribution in [0.5, 0.6) is 0 Å². The van der Waals surface area contributed by atoms with Gasteiger partial charge in [-0.3, -0.25) is 9.59 Å². The van der Waals surface area contributed by atoms with Gasteiger partial charge in [-0.05, 0) is 75.0 Å². The van der Waals surface area contributed by atoms with Crippen molar-refractivity contribution >= 4 is 29.2 Å². The van der Waals surface area contributed by atoms with Gasteiger partial charge in [-0.1, -0.05) is 41.8 Å². The standard InChI is InChI=1S/C29H34ClN3O5/c1-16(2)15-29(10-11-29)23-14-22(32-37-23)28-26(18-5-6-18)27(33-38-28)19(7-9-25(35)36)13-24(34)31-21-8-4-17(3)12-20(21)30/h4,8,12,14,16,18-19H,5-7,9-11,13,15H2,1-3H3,(H,31,34)(H,35,36)/t19-/m0/s1. The van der Waals surface area contributed by atoms with E-state index in [4.69, 9.17) is 20.6 Å². The van der Waals surface area contributed by atoms with Crippen molar-refractivity contribution in [2.75, 3.05) is 5.32 Å². The molecule has 38 heavy (non-hydrogen) atoms. The second-order valence-electron chi connectivity index (χ2n) is 11.4. The molecule has 2 N–H and O–H groups in total. The number of nitrogens with zero attached hydrogens (tertiary/aromatic N) is 2. The van der Waals surface area contributed by atoms with Crippen molar-refractivity contribution in [3.63, 3.8) is 0 Å². The van der Waals surface area contributed by atoms with Crippen molar-refractivity contribution in [2.45, 2.75) is 89.4 Å². The molecule has 2 fully saturated rings. The van der Waals surface area contributed by atoms with Crippen molar-refractivity contribution in [3.05, 3.63) is 51.9 Å². The molecule has 8 nitrogen and oxygen atoms in total. The summed E-state index contributed by atoms with van der Waals surface area (Å²) in [5, 5.41) is 21.5. The molecule has 2 saturated carbocycles. The molecule has 0 unspecified atom stereocenters. The Balaban J connectivity index is 1.41. The van der Waals surface area contributed by atoms with Gasteiger partial charge in [-0.15, -0.1) is 0 Å². The number of aromatic nitrogens is 2. The second kappa shape index (κ2) is 10.6. The highest BCUT2D eigenvalue weighted by atomic mass is 35.5. The monoisotopic (exact) mass is 539 g/mol. The third-order valence-corrected chi connectivity index (χ3v) is 7.90. The first kappa shape index (κ1) is 26.5. The van der Waals surface area contributed by atoms with Crippen LogP contribution in [0.1, 0.15) is 99.6 Å². The van der Waals surface area contributed by atoms with Crippen LogP contribution in [0.3, 0.4) is 0 Å². The Morgan fingerprint density at radius 3 is 2.58 bits per heavy atom. The molecule has 9 heteroatoms. The number of carbonyl (C=O) groups excluding carboxylic acids is 1. The molecule has 0 aliphatic heterocycles. The summed E-state index contributed by atoms with van der Waals surface area (Å²) in [6.07, 6.45) is 5.45. The van der Waals surface area contributed by atoms with Crippen LogP contribution in [0.4, 0.5) is 5.69 Å². The van der Waals surface area contributed by atoms with E-state index in [1.165, 1.54) is 0 Å². The molecule has 1 atom stereocenters. The predicted octanol–water partition coefficient (Wildman–Crippen LogP) is 7.22. The highest BCUT2D eigenvalue weighted by Crippen LogP contribution is 2.54. The molecule has 2 aliphatic carbocycles. The number of anilines is 1. The quantitative estimate of drug-likeness (QED) is 0.249. The van der Waals surface area contributed by atoms with Gasteiger partial charge in [-0.25, -0.2) is 0 Å². The lowest BCUT2D eigenvalue weighted by Gasteiger charge is -2.16. The van der Waals surface area contributed by atoms with Gasteiger partial charge in [0.1, 0.15) is 5.76 Å². The lowest BCUT2D eigenvalue weighted by atomic mass is 9.89. The van der Waals surface area contributed by atoms with E-state index in [-0.39, 0.29) is 36.5 Å². The third kappa shape index (κ3) is 5.80. The Bertz CT molecular complexity index is 1340. The maximum Gasteiger partial charge on any atom is 0.303 e. The fourth-order valence-electron chi connectivity index (χ4n) is 5.45. The van der Waals surface area contributed by atoms with Crippen LogP contribution in [0, 0.1) is 12.8 Å². The van der Waals surface area contributed by atoms with Crippen LogP contribution in [0.15, 0.2) is 33.3 Å². The zero-order valence-corrected chi connectivity index (χ0v) is 22.8. The highest BCUT2D eigenvalue weighted by molar-refractivity contribution is 6.33. The molecule has 0 saturated heterocycles. The first-order chi connectivity index (χ1) is 18.1. The number of hydrogen-bond acceptors (Lipinski definition) is 6. The number of halogens is 1. The van der Waals surface area contributed by atoms with Gasteiger partial charge in [0.05, 0.1) is 16.4 Å². The topological polar surface area (TPSA) is 118 Å².